The van der Waals surface area contributed by atoms with Crippen LogP contribution in [0.1, 0.15) is 6.42 Å². The largest absolute Gasteiger partial charge is 0.480 e. The molecular weight excluding hydrogens is 260 g/mol. The molecule has 0 aromatic carbocycles. The molecule has 0 aliphatic rings. The van der Waals surface area contributed by atoms with E-state index in [-0.39, 0.29) is 5.95 Å². The highest BCUT2D eigenvalue weighted by atomic mass is 32.2. The van der Waals surface area contributed by atoms with Crippen LogP contribution in [0.2, 0.25) is 0 Å². The second kappa shape index (κ2) is 6.79. The van der Waals surface area contributed by atoms with Crippen molar-refractivity contribution in [3.8, 4) is 0 Å². The SMILES string of the molecule is CSCCC(NC(=O)Nc1nnn(C)n1)C(=O)O. The molecule has 2 amide bonds. The molecule has 0 radical (unpaired) electrons. The molecule has 0 aliphatic carbocycles. The van der Waals surface area contributed by atoms with Crippen LogP contribution in [0.15, 0.2) is 0 Å². The molecule has 0 aliphatic heterocycles. The van der Waals surface area contributed by atoms with Gasteiger partial charge in [-0.25, -0.2) is 9.59 Å². The van der Waals surface area contributed by atoms with Crippen LogP contribution in [0, 0.1) is 0 Å². The van der Waals surface area contributed by atoms with E-state index in [9.17, 15) is 9.59 Å². The molecule has 3 N–H and O–H groups in total. The van der Waals surface area contributed by atoms with Gasteiger partial charge in [-0.15, -0.1) is 5.10 Å². The average molecular weight is 274 g/mol. The summed E-state index contributed by atoms with van der Waals surface area (Å²) in [6.45, 7) is 0. The first-order chi connectivity index (χ1) is 8.52. The predicted molar refractivity (Wildman–Crippen MR) is 65.4 cm³/mol. The molecule has 18 heavy (non-hydrogen) atoms. The zero-order valence-corrected chi connectivity index (χ0v) is 10.8. The smallest absolute Gasteiger partial charge is 0.326 e. The van der Waals surface area contributed by atoms with Crippen molar-refractivity contribution in [3.05, 3.63) is 0 Å². The van der Waals surface area contributed by atoms with Gasteiger partial charge in [-0.3, -0.25) is 5.32 Å². The van der Waals surface area contributed by atoms with Gasteiger partial charge in [-0.1, -0.05) is 5.10 Å². The summed E-state index contributed by atoms with van der Waals surface area (Å²) in [6.07, 6.45) is 2.21. The van der Waals surface area contributed by atoms with Crippen LogP contribution in [0.5, 0.6) is 0 Å². The lowest BCUT2D eigenvalue weighted by molar-refractivity contribution is -0.139. The third-order valence-electron chi connectivity index (χ3n) is 1.95. The highest BCUT2D eigenvalue weighted by molar-refractivity contribution is 7.98. The third-order valence-corrected chi connectivity index (χ3v) is 2.59. The molecule has 1 rings (SSSR count). The number of aromatic nitrogens is 4. The van der Waals surface area contributed by atoms with Crippen molar-refractivity contribution in [2.24, 2.45) is 7.05 Å². The Balaban J connectivity index is 2.48. The van der Waals surface area contributed by atoms with Crippen LogP contribution in [-0.2, 0) is 11.8 Å². The molecule has 0 spiro atoms. The van der Waals surface area contributed by atoms with E-state index >= 15 is 0 Å². The number of aliphatic carboxylic acids is 1. The molecule has 10 heteroatoms. The van der Waals surface area contributed by atoms with Crippen LogP contribution in [-0.4, -0.2) is 55.4 Å². The molecule has 0 fully saturated rings. The quantitative estimate of drug-likeness (QED) is 0.641. The molecule has 1 unspecified atom stereocenters. The summed E-state index contributed by atoms with van der Waals surface area (Å²) >= 11 is 1.51. The van der Waals surface area contributed by atoms with Gasteiger partial charge in [0.25, 0.3) is 5.95 Å². The summed E-state index contributed by atoms with van der Waals surface area (Å²) in [5.41, 5.74) is 0. The number of hydrogen-bond acceptors (Lipinski definition) is 6. The molecule has 1 aromatic heterocycles. The highest BCUT2D eigenvalue weighted by Gasteiger charge is 2.19. The van der Waals surface area contributed by atoms with Gasteiger partial charge in [0, 0.05) is 0 Å². The number of amides is 2. The Morgan fingerprint density at radius 1 is 1.56 bits per heavy atom. The molecular formula is C8H14N6O3S. The van der Waals surface area contributed by atoms with Gasteiger partial charge in [0.15, 0.2) is 0 Å². The molecule has 1 atom stereocenters. The van der Waals surface area contributed by atoms with Gasteiger partial charge in [0.2, 0.25) is 0 Å². The molecule has 9 nitrogen and oxygen atoms in total. The Labute approximate surface area is 107 Å². The lowest BCUT2D eigenvalue weighted by atomic mass is 10.2. The monoisotopic (exact) mass is 274 g/mol. The van der Waals surface area contributed by atoms with Crippen molar-refractivity contribution >= 4 is 29.7 Å². The number of rotatable bonds is 6. The summed E-state index contributed by atoms with van der Waals surface area (Å²) in [7, 11) is 1.55. The van der Waals surface area contributed by atoms with Gasteiger partial charge in [-0.05, 0) is 23.6 Å². The normalized spacial score (nSPS) is 11.9. The fraction of sp³-hybridized carbons (Fsp3) is 0.625. The zero-order chi connectivity index (χ0) is 13.5. The second-order valence-corrected chi connectivity index (χ2v) is 4.36. The van der Waals surface area contributed by atoms with E-state index in [1.54, 1.807) is 7.05 Å². The van der Waals surface area contributed by atoms with E-state index in [2.05, 4.69) is 26.0 Å². The van der Waals surface area contributed by atoms with Crippen molar-refractivity contribution in [2.45, 2.75) is 12.5 Å². The van der Waals surface area contributed by atoms with Gasteiger partial charge in [-0.2, -0.15) is 16.6 Å². The Morgan fingerprint density at radius 3 is 2.78 bits per heavy atom. The second-order valence-electron chi connectivity index (χ2n) is 3.37. The number of thioether (sulfide) groups is 1. The number of carbonyl (C=O) groups excluding carboxylic acids is 1. The first-order valence-electron chi connectivity index (χ1n) is 5.06. The van der Waals surface area contributed by atoms with Gasteiger partial charge < -0.3 is 10.4 Å². The van der Waals surface area contributed by atoms with Crippen LogP contribution >= 0.6 is 11.8 Å². The molecule has 0 saturated carbocycles. The summed E-state index contributed by atoms with van der Waals surface area (Å²) in [5, 5.41) is 24.4. The number of tetrazole rings is 1. The first kappa shape index (κ1) is 14.2. The minimum Gasteiger partial charge on any atom is -0.480 e. The Morgan fingerprint density at radius 2 is 2.28 bits per heavy atom. The number of anilines is 1. The molecule has 1 aromatic rings. The van der Waals surface area contributed by atoms with Crippen molar-refractivity contribution in [1.82, 2.24) is 25.5 Å². The molecule has 0 saturated heterocycles. The number of nitrogens with zero attached hydrogens (tertiary/aromatic N) is 4. The average Bonchev–Trinajstić information content (AvgIpc) is 2.69. The van der Waals surface area contributed by atoms with E-state index < -0.39 is 18.0 Å². The van der Waals surface area contributed by atoms with Crippen molar-refractivity contribution in [1.29, 1.82) is 0 Å². The Hall–Kier alpha value is -1.84. The minimum atomic E-state index is -1.08. The Bertz CT molecular complexity index is 423. The molecule has 0 bridgehead atoms. The van der Waals surface area contributed by atoms with E-state index in [4.69, 9.17) is 5.11 Å². The van der Waals surface area contributed by atoms with E-state index in [1.807, 2.05) is 6.26 Å². The van der Waals surface area contributed by atoms with E-state index in [0.717, 1.165) is 0 Å². The Kier molecular flexibility index (Phi) is 5.36. The van der Waals surface area contributed by atoms with Crippen LogP contribution in [0.3, 0.4) is 0 Å². The van der Waals surface area contributed by atoms with Crippen molar-refractivity contribution < 1.29 is 14.7 Å². The minimum absolute atomic E-state index is 0.0176. The van der Waals surface area contributed by atoms with Crippen LogP contribution < -0.4 is 10.6 Å². The maximum absolute atomic E-state index is 11.5. The topological polar surface area (TPSA) is 122 Å². The van der Waals surface area contributed by atoms with Gasteiger partial charge >= 0.3 is 12.0 Å². The van der Waals surface area contributed by atoms with Gasteiger partial charge in [0.1, 0.15) is 6.04 Å². The lowest BCUT2D eigenvalue weighted by Crippen LogP contribution is -2.43. The predicted octanol–water partition coefficient (Wildman–Crippen LogP) is -0.462. The number of carboxylic acid groups (broad SMARTS) is 1. The third kappa shape index (κ3) is 4.57. The summed E-state index contributed by atoms with van der Waals surface area (Å²) in [5.74, 6) is -0.420. The van der Waals surface area contributed by atoms with Crippen molar-refractivity contribution in [2.75, 3.05) is 17.3 Å². The summed E-state index contributed by atoms with van der Waals surface area (Å²) < 4.78 is 0. The standard InChI is InChI=1S/C8H14N6O3S/c1-14-12-7(11-13-14)10-8(17)9-5(6(15)16)3-4-18-2/h5H,3-4H2,1-2H3,(H,15,16)(H2,9,10,12,17). The zero-order valence-electron chi connectivity index (χ0n) is 9.95. The number of aryl methyl sites for hydroxylation is 1. The van der Waals surface area contributed by atoms with Crippen LogP contribution in [0.25, 0.3) is 0 Å². The van der Waals surface area contributed by atoms with Crippen LogP contribution in [0.4, 0.5) is 10.7 Å². The van der Waals surface area contributed by atoms with E-state index in [0.29, 0.717) is 12.2 Å². The number of nitrogens with one attached hydrogen (secondary N) is 2. The molecule has 1 heterocycles. The number of carboxylic acids is 1. The lowest BCUT2D eigenvalue weighted by Gasteiger charge is -2.13. The number of hydrogen-bond donors (Lipinski definition) is 3. The maximum Gasteiger partial charge on any atom is 0.326 e. The fourth-order valence-corrected chi connectivity index (χ4v) is 1.59. The number of urea groups is 1. The highest BCUT2D eigenvalue weighted by Crippen LogP contribution is 2.01. The molecule has 100 valence electrons. The maximum atomic E-state index is 11.5. The van der Waals surface area contributed by atoms with E-state index in [1.165, 1.54) is 16.6 Å². The summed E-state index contributed by atoms with van der Waals surface area (Å²) in [4.78, 5) is 23.6. The fourth-order valence-electron chi connectivity index (χ4n) is 1.12. The summed E-state index contributed by atoms with van der Waals surface area (Å²) in [6, 6.07) is -1.61. The van der Waals surface area contributed by atoms with Gasteiger partial charge in [0.05, 0.1) is 7.05 Å². The first-order valence-corrected chi connectivity index (χ1v) is 6.45. The number of carbonyl (C=O) groups is 2. The van der Waals surface area contributed by atoms with Crippen molar-refractivity contribution in [3.63, 3.8) is 0 Å².